The second-order valence-electron chi connectivity index (χ2n) is 4.96. The van der Waals surface area contributed by atoms with Crippen LogP contribution in [-0.4, -0.2) is 9.97 Å². The van der Waals surface area contributed by atoms with Crippen molar-refractivity contribution < 1.29 is 0 Å². The van der Waals surface area contributed by atoms with Crippen LogP contribution in [0.5, 0.6) is 0 Å². The van der Waals surface area contributed by atoms with E-state index >= 15 is 0 Å². The molecule has 0 radical (unpaired) electrons. The van der Waals surface area contributed by atoms with Crippen molar-refractivity contribution in [1.82, 2.24) is 9.97 Å². The molecular formula is C16H16N2. The number of pyridine rings is 2. The minimum Gasteiger partial charge on any atom is -0.261 e. The Kier molecular flexibility index (Phi) is 2.34. The SMILES string of the molecule is Cc1cnc2c(ccc3c(C)c(C)ncc32)c1C. The number of nitrogens with zero attached hydrogens (tertiary/aromatic N) is 2. The fraction of sp³-hybridized carbons (Fsp3) is 0.250. The summed E-state index contributed by atoms with van der Waals surface area (Å²) in [6.07, 6.45) is 3.90. The minimum absolute atomic E-state index is 1.06. The van der Waals surface area contributed by atoms with Crippen LogP contribution in [0.15, 0.2) is 24.5 Å². The molecule has 18 heavy (non-hydrogen) atoms. The lowest BCUT2D eigenvalue weighted by Gasteiger charge is -2.10. The van der Waals surface area contributed by atoms with Gasteiger partial charge in [0.25, 0.3) is 0 Å². The molecule has 1 aromatic carbocycles. The Morgan fingerprint density at radius 3 is 2.22 bits per heavy atom. The number of aromatic nitrogens is 2. The molecule has 90 valence electrons. The van der Waals surface area contributed by atoms with Gasteiger partial charge in [-0.3, -0.25) is 9.97 Å². The number of hydrogen-bond donors (Lipinski definition) is 0. The van der Waals surface area contributed by atoms with E-state index in [9.17, 15) is 0 Å². The first-order chi connectivity index (χ1) is 8.59. The Morgan fingerprint density at radius 1 is 0.722 bits per heavy atom. The molecule has 0 N–H and O–H groups in total. The van der Waals surface area contributed by atoms with Gasteiger partial charge in [-0.1, -0.05) is 12.1 Å². The smallest absolute Gasteiger partial charge is 0.0798 e. The zero-order valence-corrected chi connectivity index (χ0v) is 11.2. The Morgan fingerprint density at radius 2 is 1.44 bits per heavy atom. The molecule has 2 nitrogen and oxygen atoms in total. The van der Waals surface area contributed by atoms with Gasteiger partial charge in [0.2, 0.25) is 0 Å². The van der Waals surface area contributed by atoms with Crippen LogP contribution >= 0.6 is 0 Å². The monoisotopic (exact) mass is 236 g/mol. The zero-order chi connectivity index (χ0) is 12.9. The van der Waals surface area contributed by atoms with Crippen LogP contribution in [0.25, 0.3) is 21.7 Å². The molecule has 0 saturated carbocycles. The number of rotatable bonds is 0. The van der Waals surface area contributed by atoms with E-state index in [1.54, 1.807) is 0 Å². The summed E-state index contributed by atoms with van der Waals surface area (Å²) in [5.41, 5.74) is 5.94. The Hall–Kier alpha value is -1.96. The minimum atomic E-state index is 1.06. The third kappa shape index (κ3) is 1.42. The van der Waals surface area contributed by atoms with E-state index < -0.39 is 0 Å². The molecule has 0 amide bonds. The van der Waals surface area contributed by atoms with Crippen LogP contribution < -0.4 is 0 Å². The van der Waals surface area contributed by atoms with Crippen molar-refractivity contribution in [1.29, 1.82) is 0 Å². The average Bonchev–Trinajstić information content (AvgIpc) is 2.38. The predicted molar refractivity (Wildman–Crippen MR) is 76.0 cm³/mol. The van der Waals surface area contributed by atoms with E-state index in [1.807, 2.05) is 19.3 Å². The molecule has 0 atom stereocenters. The first kappa shape index (κ1) is 11.1. The van der Waals surface area contributed by atoms with Crippen LogP contribution in [0.3, 0.4) is 0 Å². The largest absolute Gasteiger partial charge is 0.261 e. The molecule has 0 aliphatic rings. The Labute approximate surface area is 107 Å². The maximum absolute atomic E-state index is 4.60. The molecule has 2 heteroatoms. The molecule has 2 aromatic heterocycles. The van der Waals surface area contributed by atoms with Gasteiger partial charge >= 0.3 is 0 Å². The van der Waals surface area contributed by atoms with Crippen LogP contribution in [0.2, 0.25) is 0 Å². The van der Waals surface area contributed by atoms with Gasteiger partial charge in [0.1, 0.15) is 0 Å². The topological polar surface area (TPSA) is 25.8 Å². The van der Waals surface area contributed by atoms with Crippen molar-refractivity contribution >= 4 is 21.7 Å². The van der Waals surface area contributed by atoms with Gasteiger partial charge in [-0.05, 0) is 49.8 Å². The summed E-state index contributed by atoms with van der Waals surface area (Å²) >= 11 is 0. The highest BCUT2D eigenvalue weighted by molar-refractivity contribution is 6.07. The summed E-state index contributed by atoms with van der Waals surface area (Å²) in [5, 5.41) is 3.64. The van der Waals surface area contributed by atoms with Gasteiger partial charge in [-0.15, -0.1) is 0 Å². The highest BCUT2D eigenvalue weighted by Gasteiger charge is 2.08. The molecule has 2 heterocycles. The van der Waals surface area contributed by atoms with Gasteiger partial charge < -0.3 is 0 Å². The van der Waals surface area contributed by atoms with Gasteiger partial charge in [0.15, 0.2) is 0 Å². The van der Waals surface area contributed by atoms with Crippen molar-refractivity contribution in [3.8, 4) is 0 Å². The van der Waals surface area contributed by atoms with Gasteiger partial charge in [0, 0.05) is 28.9 Å². The molecule has 0 spiro atoms. The Balaban J connectivity index is 2.56. The molecule has 0 fully saturated rings. The van der Waals surface area contributed by atoms with Crippen LogP contribution in [0.4, 0.5) is 0 Å². The van der Waals surface area contributed by atoms with Crippen molar-refractivity contribution in [2.45, 2.75) is 27.7 Å². The van der Waals surface area contributed by atoms with E-state index in [0.717, 1.165) is 16.6 Å². The van der Waals surface area contributed by atoms with E-state index in [1.165, 1.54) is 27.5 Å². The standard InChI is InChI=1S/C16H16N2/c1-9-7-18-16-14(10(9)2)6-5-13-11(3)12(4)17-8-15(13)16/h5-8H,1-4H3. The number of benzene rings is 1. The molecule has 0 aliphatic carbocycles. The number of aryl methyl sites for hydroxylation is 4. The first-order valence-corrected chi connectivity index (χ1v) is 6.20. The number of hydrogen-bond acceptors (Lipinski definition) is 2. The quantitative estimate of drug-likeness (QED) is 0.551. The summed E-state index contributed by atoms with van der Waals surface area (Å²) in [4.78, 5) is 9.07. The second kappa shape index (κ2) is 3.77. The van der Waals surface area contributed by atoms with Crippen molar-refractivity contribution in [3.63, 3.8) is 0 Å². The normalized spacial score (nSPS) is 11.3. The lowest BCUT2D eigenvalue weighted by molar-refractivity contribution is 1.18. The van der Waals surface area contributed by atoms with Crippen molar-refractivity contribution in [2.75, 3.05) is 0 Å². The fourth-order valence-corrected chi connectivity index (χ4v) is 2.43. The lowest BCUT2D eigenvalue weighted by atomic mass is 9.99. The van der Waals surface area contributed by atoms with E-state index in [4.69, 9.17) is 0 Å². The zero-order valence-electron chi connectivity index (χ0n) is 11.2. The van der Waals surface area contributed by atoms with E-state index in [2.05, 4.69) is 42.9 Å². The van der Waals surface area contributed by atoms with Crippen molar-refractivity contribution in [2.24, 2.45) is 0 Å². The summed E-state index contributed by atoms with van der Waals surface area (Å²) < 4.78 is 0. The maximum atomic E-state index is 4.60. The summed E-state index contributed by atoms with van der Waals surface area (Å²) in [6, 6.07) is 4.37. The molecule has 3 rings (SSSR count). The van der Waals surface area contributed by atoms with E-state index in [0.29, 0.717) is 0 Å². The molecule has 3 aromatic rings. The summed E-state index contributed by atoms with van der Waals surface area (Å²) in [5.74, 6) is 0. The maximum Gasteiger partial charge on any atom is 0.0798 e. The van der Waals surface area contributed by atoms with Crippen LogP contribution in [0, 0.1) is 27.7 Å². The van der Waals surface area contributed by atoms with Gasteiger partial charge in [-0.25, -0.2) is 0 Å². The number of fused-ring (bicyclic) bond motifs is 3. The Bertz CT molecular complexity index is 706. The average molecular weight is 236 g/mol. The molecule has 0 bridgehead atoms. The molecule has 0 aliphatic heterocycles. The van der Waals surface area contributed by atoms with Crippen LogP contribution in [0.1, 0.15) is 22.4 Å². The second-order valence-corrected chi connectivity index (χ2v) is 4.96. The molecule has 0 unspecified atom stereocenters. The van der Waals surface area contributed by atoms with Crippen molar-refractivity contribution in [3.05, 3.63) is 46.9 Å². The third-order valence-electron chi connectivity index (χ3n) is 3.93. The molecule has 0 saturated heterocycles. The van der Waals surface area contributed by atoms with E-state index in [-0.39, 0.29) is 0 Å². The highest BCUT2D eigenvalue weighted by atomic mass is 14.7. The fourth-order valence-electron chi connectivity index (χ4n) is 2.43. The lowest BCUT2D eigenvalue weighted by Crippen LogP contribution is -1.93. The predicted octanol–water partition coefficient (Wildman–Crippen LogP) is 4.02. The highest BCUT2D eigenvalue weighted by Crippen LogP contribution is 2.29. The van der Waals surface area contributed by atoms with Crippen LogP contribution in [-0.2, 0) is 0 Å². The van der Waals surface area contributed by atoms with Gasteiger partial charge in [-0.2, -0.15) is 0 Å². The third-order valence-corrected chi connectivity index (χ3v) is 3.93. The molecular weight excluding hydrogens is 220 g/mol. The summed E-state index contributed by atoms with van der Waals surface area (Å²) in [7, 11) is 0. The first-order valence-electron chi connectivity index (χ1n) is 6.20. The van der Waals surface area contributed by atoms with Gasteiger partial charge in [0.05, 0.1) is 5.52 Å². The summed E-state index contributed by atoms with van der Waals surface area (Å²) in [6.45, 7) is 8.43.